The average molecular weight is 811 g/mol. The number of carbonyl (C=O) groups is 2. The minimum absolute atomic E-state index is 0.102. The molecule has 2 fully saturated rings. The number of ether oxygens (including phenoxy) is 2. The van der Waals surface area contributed by atoms with Crippen LogP contribution in [0.2, 0.25) is 5.02 Å². The van der Waals surface area contributed by atoms with Crippen LogP contribution >= 0.6 is 11.6 Å². The summed E-state index contributed by atoms with van der Waals surface area (Å²) < 4.78 is 43.2. The summed E-state index contributed by atoms with van der Waals surface area (Å²) >= 11 is 6.51. The van der Waals surface area contributed by atoms with Crippen LogP contribution in [0.3, 0.4) is 0 Å². The predicted octanol–water partition coefficient (Wildman–Crippen LogP) is 5.41. The van der Waals surface area contributed by atoms with E-state index in [1.165, 1.54) is 11.1 Å². The lowest BCUT2D eigenvalue weighted by Crippen LogP contribution is -2.57. The Bertz CT molecular complexity index is 1910. The van der Waals surface area contributed by atoms with Crippen LogP contribution in [0.15, 0.2) is 48.6 Å². The van der Waals surface area contributed by atoms with E-state index in [0.29, 0.717) is 45.0 Å². The fraction of sp³-hybridized carbons (Fsp3) is 0.628. The first-order valence-corrected chi connectivity index (χ1v) is 22.5. The zero-order valence-corrected chi connectivity index (χ0v) is 35.1. The second kappa shape index (κ2) is 17.0. The monoisotopic (exact) mass is 809 g/mol. The highest BCUT2D eigenvalue weighted by Gasteiger charge is 2.50. The number of rotatable bonds is 3. The Morgan fingerprint density at radius 2 is 1.88 bits per heavy atom. The molecule has 56 heavy (non-hydrogen) atoms. The molecule has 11 nitrogen and oxygen atoms in total. The Morgan fingerprint density at radius 3 is 2.64 bits per heavy atom. The van der Waals surface area contributed by atoms with Gasteiger partial charge in [0, 0.05) is 88.9 Å². The minimum atomic E-state index is -3.99. The molecule has 2 bridgehead atoms. The van der Waals surface area contributed by atoms with Crippen molar-refractivity contribution < 1.29 is 27.5 Å². The molecule has 5 aliphatic rings. The Kier molecular flexibility index (Phi) is 12.4. The molecule has 3 heterocycles. The third kappa shape index (κ3) is 8.51. The van der Waals surface area contributed by atoms with Gasteiger partial charge in [-0.25, -0.2) is 13.1 Å². The van der Waals surface area contributed by atoms with Crippen LogP contribution in [-0.4, -0.2) is 114 Å². The number of carbonyl (C=O) groups excluding carboxylic acids is 2. The standard InChI is InChI=1S/C43H60ClN5O6S/c1-30-8-5-17-43(54-4,28-47-20-7-21-48(32(3)50)23-19-45-18-22-47)38-13-10-35(38)26-49-27-42(16-6-9-33-24-36(44)12-14-37(33)42)29-55-40-15-11-34(25-39(40)49)41(51)46-56(52,53)31(30)2/h5,11-12,14-15,17,24-25,30-31,35,38,45H,6-10,13,16,18-23,26-29H2,1-4H3,(H,46,51)/b17-5+/t30-,31+,35-,38+,42-,43-/m0/s1. The summed E-state index contributed by atoms with van der Waals surface area (Å²) in [6, 6.07) is 11.6. The number of nitrogens with zero attached hydrogens (tertiary/aromatic N) is 3. The molecule has 306 valence electrons. The Morgan fingerprint density at radius 1 is 1.05 bits per heavy atom. The second-order valence-corrected chi connectivity index (χ2v) is 19.5. The van der Waals surface area contributed by atoms with E-state index in [1.807, 2.05) is 37.1 Å². The Balaban J connectivity index is 1.28. The predicted molar refractivity (Wildman–Crippen MR) is 221 cm³/mol. The van der Waals surface area contributed by atoms with Gasteiger partial charge in [0.2, 0.25) is 15.9 Å². The number of anilines is 1. The highest BCUT2D eigenvalue weighted by Crippen LogP contribution is 2.49. The van der Waals surface area contributed by atoms with Gasteiger partial charge in [-0.15, -0.1) is 0 Å². The summed E-state index contributed by atoms with van der Waals surface area (Å²) in [5.74, 6) is 0.380. The van der Waals surface area contributed by atoms with E-state index in [4.69, 9.17) is 21.1 Å². The van der Waals surface area contributed by atoms with E-state index in [2.05, 4.69) is 44.1 Å². The third-order valence-corrected chi connectivity index (χ3v) is 15.7. The lowest BCUT2D eigenvalue weighted by atomic mass is 9.63. The second-order valence-electron chi connectivity index (χ2n) is 17.1. The summed E-state index contributed by atoms with van der Waals surface area (Å²) in [5.41, 5.74) is 2.70. The molecule has 0 radical (unpaired) electrons. The molecular formula is C43H60ClN5O6S. The highest BCUT2D eigenvalue weighted by molar-refractivity contribution is 7.90. The molecule has 7 rings (SSSR count). The number of fused-ring (bicyclic) bond motifs is 4. The van der Waals surface area contributed by atoms with Gasteiger partial charge in [-0.05, 0) is 111 Å². The minimum Gasteiger partial charge on any atom is -0.490 e. The average Bonchev–Trinajstić information content (AvgIpc) is 3.31. The van der Waals surface area contributed by atoms with E-state index in [1.54, 1.807) is 19.9 Å². The molecule has 3 aliphatic heterocycles. The lowest BCUT2D eigenvalue weighted by Gasteiger charge is -2.52. The normalized spacial score (nSPS) is 32.1. The first-order valence-electron chi connectivity index (χ1n) is 20.6. The molecule has 2 N–H and O–H groups in total. The van der Waals surface area contributed by atoms with Crippen LogP contribution < -0.4 is 19.7 Å². The van der Waals surface area contributed by atoms with Crippen molar-refractivity contribution in [2.75, 3.05) is 77.5 Å². The summed E-state index contributed by atoms with van der Waals surface area (Å²) in [6.45, 7) is 12.5. The number of benzene rings is 2. The van der Waals surface area contributed by atoms with E-state index in [0.717, 1.165) is 82.0 Å². The van der Waals surface area contributed by atoms with E-state index >= 15 is 0 Å². The third-order valence-electron chi connectivity index (χ3n) is 13.6. The maximum Gasteiger partial charge on any atom is 0.264 e. The van der Waals surface area contributed by atoms with Crippen molar-refractivity contribution in [2.24, 2.45) is 17.8 Å². The van der Waals surface area contributed by atoms with Gasteiger partial charge in [-0.2, -0.15) is 0 Å². The van der Waals surface area contributed by atoms with Gasteiger partial charge >= 0.3 is 0 Å². The fourth-order valence-corrected chi connectivity index (χ4v) is 11.4. The molecule has 2 amide bonds. The van der Waals surface area contributed by atoms with Crippen molar-refractivity contribution in [3.05, 3.63) is 70.3 Å². The number of halogens is 1. The molecule has 13 heteroatoms. The van der Waals surface area contributed by atoms with Crippen LogP contribution in [-0.2, 0) is 31.4 Å². The smallest absolute Gasteiger partial charge is 0.264 e. The summed E-state index contributed by atoms with van der Waals surface area (Å²) in [4.78, 5) is 32.8. The summed E-state index contributed by atoms with van der Waals surface area (Å²) in [7, 11) is -2.17. The molecule has 6 atom stereocenters. The zero-order chi connectivity index (χ0) is 39.7. The topological polar surface area (TPSA) is 121 Å². The number of aryl methyl sites for hydroxylation is 1. The molecule has 0 aromatic heterocycles. The van der Waals surface area contributed by atoms with E-state index < -0.39 is 26.8 Å². The zero-order valence-electron chi connectivity index (χ0n) is 33.5. The number of sulfonamides is 1. The Hall–Kier alpha value is -3.16. The number of amides is 2. The molecule has 0 unspecified atom stereocenters. The van der Waals surface area contributed by atoms with Crippen molar-refractivity contribution in [3.63, 3.8) is 0 Å². The van der Waals surface area contributed by atoms with E-state index in [9.17, 15) is 18.0 Å². The van der Waals surface area contributed by atoms with Gasteiger partial charge < -0.3 is 24.6 Å². The van der Waals surface area contributed by atoms with Crippen molar-refractivity contribution in [2.45, 2.75) is 82.0 Å². The first-order chi connectivity index (χ1) is 26.8. The van der Waals surface area contributed by atoms with Gasteiger partial charge in [-0.3, -0.25) is 14.5 Å². The molecule has 2 aromatic rings. The summed E-state index contributed by atoms with van der Waals surface area (Å²) in [6.07, 6.45) is 10.7. The number of nitrogens with one attached hydrogen (secondary N) is 2. The molecule has 1 spiro atoms. The van der Waals surface area contributed by atoms with Crippen molar-refractivity contribution in [1.29, 1.82) is 0 Å². The summed E-state index contributed by atoms with van der Waals surface area (Å²) in [5, 5.41) is 3.46. The van der Waals surface area contributed by atoms with Crippen LogP contribution in [0, 0.1) is 17.8 Å². The quantitative estimate of drug-likeness (QED) is 0.393. The van der Waals surface area contributed by atoms with Crippen LogP contribution in [0.5, 0.6) is 5.75 Å². The van der Waals surface area contributed by atoms with Crippen molar-refractivity contribution >= 4 is 39.1 Å². The number of methoxy groups -OCH3 is 1. The molecule has 1 saturated carbocycles. The number of hydrogen-bond acceptors (Lipinski definition) is 9. The molecule has 1 saturated heterocycles. The van der Waals surface area contributed by atoms with Gasteiger partial charge in [0.15, 0.2) is 0 Å². The van der Waals surface area contributed by atoms with Crippen LogP contribution in [0.4, 0.5) is 5.69 Å². The van der Waals surface area contributed by atoms with Crippen LogP contribution in [0.25, 0.3) is 0 Å². The van der Waals surface area contributed by atoms with Crippen molar-refractivity contribution in [3.8, 4) is 5.75 Å². The maximum atomic E-state index is 13.7. The molecular weight excluding hydrogens is 750 g/mol. The largest absolute Gasteiger partial charge is 0.490 e. The maximum absolute atomic E-state index is 13.7. The number of allylic oxidation sites excluding steroid dienone is 1. The van der Waals surface area contributed by atoms with Gasteiger partial charge in [0.05, 0.1) is 17.5 Å². The van der Waals surface area contributed by atoms with Crippen molar-refractivity contribution in [1.82, 2.24) is 19.8 Å². The van der Waals surface area contributed by atoms with E-state index in [-0.39, 0.29) is 34.6 Å². The highest BCUT2D eigenvalue weighted by atomic mass is 35.5. The SMILES string of the molecule is CO[C@]1(CN2CCCN(C(C)=O)CCNCC2)/C=C/C[C@H](C)[C@@H](C)S(=O)(=O)NC(=O)c2ccc3c(c2)N(C[C@@H]2CC[C@H]21)C[C@@]1(CCCc2cc(Cl)ccc21)CO3. The number of hydrogen-bond donors (Lipinski definition) is 2. The Labute approximate surface area is 338 Å². The fourth-order valence-electron chi connectivity index (χ4n) is 9.91. The lowest BCUT2D eigenvalue weighted by molar-refractivity contribution is -0.129. The van der Waals surface area contributed by atoms with Gasteiger partial charge in [0.25, 0.3) is 5.91 Å². The van der Waals surface area contributed by atoms with Crippen LogP contribution in [0.1, 0.15) is 80.8 Å². The van der Waals surface area contributed by atoms with Gasteiger partial charge in [-0.1, -0.05) is 36.7 Å². The van der Waals surface area contributed by atoms with Gasteiger partial charge in [0.1, 0.15) is 11.4 Å². The first kappa shape index (κ1) is 41.0. The molecule has 2 aromatic carbocycles. The molecule has 2 aliphatic carbocycles.